The number of benzene rings is 1. The number of nitrogens with one attached hydrogen (secondary N) is 2. The van der Waals surface area contributed by atoms with E-state index in [0.29, 0.717) is 13.0 Å². The second-order valence-corrected chi connectivity index (χ2v) is 5.98. The van der Waals surface area contributed by atoms with Crippen LogP contribution in [-0.2, 0) is 4.74 Å². The molecule has 0 spiro atoms. The summed E-state index contributed by atoms with van der Waals surface area (Å²) in [5.74, 6) is -0.310. The summed E-state index contributed by atoms with van der Waals surface area (Å²) >= 11 is 0. The summed E-state index contributed by atoms with van der Waals surface area (Å²) < 4.78 is 18.2. The number of urea groups is 1. The van der Waals surface area contributed by atoms with Gasteiger partial charge < -0.3 is 20.5 Å². The molecular formula is C16H25FN2O3. The van der Waals surface area contributed by atoms with Crippen LogP contribution in [0.4, 0.5) is 9.18 Å². The standard InChI is InChI=1S/C16H25FN2O3/c1-16(2,8-9-20)11-19-15(21)18-10-14(22-3)12-4-6-13(17)7-5-12/h4-7,14,20H,8-11H2,1-3H3,(H2,18,19,21). The number of aliphatic hydroxyl groups excluding tert-OH is 1. The first-order valence-electron chi connectivity index (χ1n) is 7.29. The molecule has 1 atom stereocenters. The highest BCUT2D eigenvalue weighted by Crippen LogP contribution is 2.18. The van der Waals surface area contributed by atoms with Gasteiger partial charge in [-0.15, -0.1) is 0 Å². The molecule has 0 aliphatic rings. The largest absolute Gasteiger partial charge is 0.396 e. The van der Waals surface area contributed by atoms with Gasteiger partial charge in [0.05, 0.1) is 6.10 Å². The van der Waals surface area contributed by atoms with Crippen LogP contribution in [0.2, 0.25) is 0 Å². The number of hydrogen-bond acceptors (Lipinski definition) is 3. The van der Waals surface area contributed by atoms with Gasteiger partial charge in [0.15, 0.2) is 0 Å². The summed E-state index contributed by atoms with van der Waals surface area (Å²) in [5, 5.41) is 14.5. The molecular weight excluding hydrogens is 287 g/mol. The molecule has 1 aromatic rings. The van der Waals surface area contributed by atoms with Crippen molar-refractivity contribution in [1.82, 2.24) is 10.6 Å². The van der Waals surface area contributed by atoms with Crippen LogP contribution in [0.25, 0.3) is 0 Å². The van der Waals surface area contributed by atoms with Crippen LogP contribution in [-0.4, -0.2) is 37.9 Å². The zero-order chi connectivity index (χ0) is 16.6. The molecule has 2 amide bonds. The number of aliphatic hydroxyl groups is 1. The lowest BCUT2D eigenvalue weighted by molar-refractivity contribution is 0.103. The first-order chi connectivity index (χ1) is 10.4. The average Bonchev–Trinajstić information content (AvgIpc) is 2.47. The topological polar surface area (TPSA) is 70.6 Å². The van der Waals surface area contributed by atoms with E-state index in [2.05, 4.69) is 10.6 Å². The van der Waals surface area contributed by atoms with E-state index in [1.165, 1.54) is 19.2 Å². The van der Waals surface area contributed by atoms with Gasteiger partial charge in [-0.2, -0.15) is 0 Å². The van der Waals surface area contributed by atoms with E-state index in [-0.39, 0.29) is 36.5 Å². The molecule has 0 aromatic heterocycles. The van der Waals surface area contributed by atoms with E-state index >= 15 is 0 Å². The molecule has 0 radical (unpaired) electrons. The molecule has 1 aromatic carbocycles. The lowest BCUT2D eigenvalue weighted by Crippen LogP contribution is -2.42. The lowest BCUT2D eigenvalue weighted by atomic mass is 9.90. The van der Waals surface area contributed by atoms with Crippen LogP contribution in [0, 0.1) is 11.2 Å². The normalized spacial score (nSPS) is 12.8. The van der Waals surface area contributed by atoms with Crippen LogP contribution < -0.4 is 10.6 Å². The molecule has 1 rings (SSSR count). The van der Waals surface area contributed by atoms with E-state index in [1.54, 1.807) is 12.1 Å². The van der Waals surface area contributed by atoms with Crippen molar-refractivity contribution in [1.29, 1.82) is 0 Å². The molecule has 0 saturated carbocycles. The molecule has 5 nitrogen and oxygen atoms in total. The van der Waals surface area contributed by atoms with E-state index < -0.39 is 0 Å². The Morgan fingerprint density at radius 2 is 1.95 bits per heavy atom. The number of rotatable bonds is 8. The molecule has 6 heteroatoms. The van der Waals surface area contributed by atoms with Crippen molar-refractivity contribution in [2.24, 2.45) is 5.41 Å². The molecule has 0 aliphatic carbocycles. The molecule has 22 heavy (non-hydrogen) atoms. The van der Waals surface area contributed by atoms with Crippen molar-refractivity contribution in [2.45, 2.75) is 26.4 Å². The van der Waals surface area contributed by atoms with Crippen LogP contribution in [0.3, 0.4) is 0 Å². The zero-order valence-electron chi connectivity index (χ0n) is 13.4. The van der Waals surface area contributed by atoms with E-state index in [0.717, 1.165) is 5.56 Å². The van der Waals surface area contributed by atoms with Crippen molar-refractivity contribution >= 4 is 6.03 Å². The Balaban J connectivity index is 2.43. The van der Waals surface area contributed by atoms with Crippen molar-refractivity contribution in [3.63, 3.8) is 0 Å². The van der Waals surface area contributed by atoms with Crippen molar-refractivity contribution in [2.75, 3.05) is 26.8 Å². The third-order valence-corrected chi connectivity index (χ3v) is 3.49. The number of methoxy groups -OCH3 is 1. The highest BCUT2D eigenvalue weighted by molar-refractivity contribution is 5.73. The maximum Gasteiger partial charge on any atom is 0.314 e. The average molecular weight is 312 g/mol. The quantitative estimate of drug-likeness (QED) is 0.689. The number of carbonyl (C=O) groups excluding carboxylic acids is 1. The molecule has 0 fully saturated rings. The first kappa shape index (κ1) is 18.4. The van der Waals surface area contributed by atoms with Gasteiger partial charge in [-0.1, -0.05) is 26.0 Å². The fourth-order valence-corrected chi connectivity index (χ4v) is 1.97. The van der Waals surface area contributed by atoms with Gasteiger partial charge in [0.2, 0.25) is 0 Å². The monoisotopic (exact) mass is 312 g/mol. The number of amides is 2. The van der Waals surface area contributed by atoms with Gasteiger partial charge in [-0.25, -0.2) is 9.18 Å². The van der Waals surface area contributed by atoms with Crippen molar-refractivity contribution in [3.05, 3.63) is 35.6 Å². The smallest absolute Gasteiger partial charge is 0.314 e. The van der Waals surface area contributed by atoms with Gasteiger partial charge in [0, 0.05) is 26.8 Å². The Kier molecular flexibility index (Phi) is 7.27. The minimum absolute atomic E-state index is 0.0899. The maximum atomic E-state index is 12.9. The fourth-order valence-electron chi connectivity index (χ4n) is 1.97. The highest BCUT2D eigenvalue weighted by atomic mass is 19.1. The first-order valence-corrected chi connectivity index (χ1v) is 7.29. The van der Waals surface area contributed by atoms with Gasteiger partial charge in [-0.3, -0.25) is 0 Å². The zero-order valence-corrected chi connectivity index (χ0v) is 13.4. The predicted octanol–water partition coefficient (Wildman–Crippen LogP) is 2.22. The lowest BCUT2D eigenvalue weighted by Gasteiger charge is -2.24. The van der Waals surface area contributed by atoms with Crippen LogP contribution in [0.15, 0.2) is 24.3 Å². The third kappa shape index (κ3) is 6.41. The van der Waals surface area contributed by atoms with E-state index in [4.69, 9.17) is 9.84 Å². The Bertz CT molecular complexity index is 463. The van der Waals surface area contributed by atoms with Crippen molar-refractivity contribution < 1.29 is 19.0 Å². The Hall–Kier alpha value is -1.66. The second-order valence-electron chi connectivity index (χ2n) is 5.98. The maximum absolute atomic E-state index is 12.9. The summed E-state index contributed by atoms with van der Waals surface area (Å²) in [6, 6.07) is 5.69. The van der Waals surface area contributed by atoms with Crippen LogP contribution in [0.1, 0.15) is 31.9 Å². The number of halogens is 1. The number of ether oxygens (including phenoxy) is 1. The number of carbonyl (C=O) groups is 1. The summed E-state index contributed by atoms with van der Waals surface area (Å²) in [4.78, 5) is 11.8. The Labute approximate surface area is 130 Å². The van der Waals surface area contributed by atoms with Gasteiger partial charge in [0.25, 0.3) is 0 Å². The van der Waals surface area contributed by atoms with Crippen LogP contribution in [0.5, 0.6) is 0 Å². The minimum atomic E-state index is -0.336. The molecule has 3 N–H and O–H groups in total. The number of hydrogen-bond donors (Lipinski definition) is 3. The van der Waals surface area contributed by atoms with Gasteiger partial charge in [-0.05, 0) is 29.5 Å². The molecule has 0 heterocycles. The molecule has 124 valence electrons. The van der Waals surface area contributed by atoms with Gasteiger partial charge in [0.1, 0.15) is 5.82 Å². The molecule has 0 bridgehead atoms. The molecule has 0 saturated heterocycles. The fraction of sp³-hybridized carbons (Fsp3) is 0.562. The third-order valence-electron chi connectivity index (χ3n) is 3.49. The Morgan fingerprint density at radius 3 is 2.50 bits per heavy atom. The highest BCUT2D eigenvalue weighted by Gasteiger charge is 2.18. The summed E-state index contributed by atoms with van der Waals surface area (Å²) in [6.45, 7) is 4.79. The summed E-state index contributed by atoms with van der Waals surface area (Å²) in [6.07, 6.45) is 0.278. The van der Waals surface area contributed by atoms with Crippen LogP contribution >= 0.6 is 0 Å². The molecule has 0 aliphatic heterocycles. The SMILES string of the molecule is COC(CNC(=O)NCC(C)(C)CCO)c1ccc(F)cc1. The molecule has 1 unspecified atom stereocenters. The van der Waals surface area contributed by atoms with E-state index in [9.17, 15) is 9.18 Å². The van der Waals surface area contributed by atoms with Crippen molar-refractivity contribution in [3.8, 4) is 0 Å². The van der Waals surface area contributed by atoms with Gasteiger partial charge >= 0.3 is 6.03 Å². The summed E-state index contributed by atoms with van der Waals surface area (Å²) in [7, 11) is 1.54. The van der Waals surface area contributed by atoms with E-state index in [1.807, 2.05) is 13.8 Å². The summed E-state index contributed by atoms with van der Waals surface area (Å²) in [5.41, 5.74) is 0.633. The second kappa shape index (κ2) is 8.70. The minimum Gasteiger partial charge on any atom is -0.396 e. The Morgan fingerprint density at radius 1 is 1.32 bits per heavy atom. The predicted molar refractivity (Wildman–Crippen MR) is 83.0 cm³/mol.